The van der Waals surface area contributed by atoms with E-state index in [1.54, 1.807) is 6.07 Å². The van der Waals surface area contributed by atoms with Crippen LogP contribution >= 0.6 is 0 Å². The Kier molecular flexibility index (Phi) is 4.68. The summed E-state index contributed by atoms with van der Waals surface area (Å²) in [4.78, 5) is 0. The van der Waals surface area contributed by atoms with Crippen molar-refractivity contribution in [2.75, 3.05) is 0 Å². The van der Waals surface area contributed by atoms with Crippen LogP contribution in [0.5, 0.6) is 0 Å². The predicted octanol–water partition coefficient (Wildman–Crippen LogP) is 9.99. The first-order valence-electron chi connectivity index (χ1n) is 14.0. The summed E-state index contributed by atoms with van der Waals surface area (Å²) in [5.74, 6) is 0. The molecule has 0 aliphatic rings. The smallest absolute Gasteiger partial charge is 0.160 e. The van der Waals surface area contributed by atoms with Crippen molar-refractivity contribution in [3.8, 4) is 29.0 Å². The molecule has 5 heteroatoms. The van der Waals surface area contributed by atoms with Crippen molar-refractivity contribution in [1.29, 1.82) is 10.5 Å². The molecule has 0 fully saturated rings. The summed E-state index contributed by atoms with van der Waals surface area (Å²) in [6.45, 7) is 0. The van der Waals surface area contributed by atoms with Gasteiger partial charge in [0.2, 0.25) is 0 Å². The fourth-order valence-corrected chi connectivity index (χ4v) is 6.53. The van der Waals surface area contributed by atoms with Crippen molar-refractivity contribution in [2.24, 2.45) is 0 Å². The lowest BCUT2D eigenvalue weighted by Gasteiger charge is -2.15. The van der Waals surface area contributed by atoms with Crippen LogP contribution < -0.4 is 0 Å². The van der Waals surface area contributed by atoms with Crippen LogP contribution in [0.1, 0.15) is 11.1 Å². The van der Waals surface area contributed by atoms with Gasteiger partial charge in [0.25, 0.3) is 0 Å². The Hall–Kier alpha value is -6.30. The second-order valence-corrected chi connectivity index (χ2v) is 10.8. The van der Waals surface area contributed by atoms with E-state index in [1.165, 1.54) is 0 Å². The molecule has 0 atom stereocenters. The van der Waals surface area contributed by atoms with Crippen LogP contribution in [-0.4, -0.2) is 4.57 Å². The molecule has 0 spiro atoms. The third-order valence-electron chi connectivity index (χ3n) is 8.46. The second kappa shape index (κ2) is 8.60. The molecular weight excluding hydrogens is 530 g/mol. The van der Waals surface area contributed by atoms with Gasteiger partial charge in [-0.2, -0.15) is 10.5 Å². The topological polar surface area (TPSA) is 78.8 Å². The van der Waals surface area contributed by atoms with Crippen LogP contribution in [-0.2, 0) is 0 Å². The molecule has 9 aromatic rings. The minimum atomic E-state index is 0.565. The number of hydrogen-bond donors (Lipinski definition) is 0. The highest BCUT2D eigenvalue weighted by Gasteiger charge is 2.21. The third kappa shape index (κ3) is 3.25. The summed E-state index contributed by atoms with van der Waals surface area (Å²) in [5.41, 5.74) is 9.08. The highest BCUT2D eigenvalue weighted by atomic mass is 16.3. The summed E-state index contributed by atoms with van der Waals surface area (Å²) in [6, 6.07) is 42.8. The van der Waals surface area contributed by atoms with Crippen LogP contribution in [0.25, 0.3) is 82.5 Å². The molecule has 0 radical (unpaired) electrons. The number of rotatable bonds is 2. The van der Waals surface area contributed by atoms with Crippen LogP contribution in [0.3, 0.4) is 0 Å². The minimum absolute atomic E-state index is 0.565. The average Bonchev–Trinajstić information content (AvgIpc) is 3.73. The van der Waals surface area contributed by atoms with Gasteiger partial charge in [0.1, 0.15) is 16.7 Å². The second-order valence-electron chi connectivity index (χ2n) is 10.8. The van der Waals surface area contributed by atoms with Crippen LogP contribution in [0.2, 0.25) is 0 Å². The van der Waals surface area contributed by atoms with E-state index in [9.17, 15) is 10.5 Å². The molecule has 0 aliphatic carbocycles. The van der Waals surface area contributed by atoms with Gasteiger partial charge in [-0.05, 0) is 66.2 Å². The largest absolute Gasteiger partial charge is 0.456 e. The zero-order valence-electron chi connectivity index (χ0n) is 22.6. The van der Waals surface area contributed by atoms with Crippen molar-refractivity contribution >= 4 is 65.7 Å². The lowest BCUT2D eigenvalue weighted by atomic mass is 9.99. The first kappa shape index (κ1) is 23.4. The van der Waals surface area contributed by atoms with Gasteiger partial charge < -0.3 is 13.4 Å². The van der Waals surface area contributed by atoms with Gasteiger partial charge >= 0.3 is 0 Å². The highest BCUT2D eigenvalue weighted by Crippen LogP contribution is 2.43. The molecule has 0 saturated carbocycles. The number of benzene rings is 6. The van der Waals surface area contributed by atoms with Crippen molar-refractivity contribution in [1.82, 2.24) is 4.57 Å². The van der Waals surface area contributed by atoms with Crippen molar-refractivity contribution in [3.63, 3.8) is 0 Å². The van der Waals surface area contributed by atoms with E-state index in [1.807, 2.05) is 66.7 Å². The van der Waals surface area contributed by atoms with Crippen LogP contribution in [0.15, 0.2) is 124 Å². The molecule has 0 unspecified atom stereocenters. The number of hydrogen-bond acceptors (Lipinski definition) is 4. The van der Waals surface area contributed by atoms with Gasteiger partial charge in [-0.25, -0.2) is 0 Å². The summed E-state index contributed by atoms with van der Waals surface area (Å²) in [5, 5.41) is 25.6. The number of aromatic nitrogens is 1. The molecule has 5 nitrogen and oxygen atoms in total. The van der Waals surface area contributed by atoms with E-state index in [2.05, 4.69) is 59.2 Å². The van der Waals surface area contributed by atoms with Crippen LogP contribution in [0, 0.1) is 22.7 Å². The normalized spacial score (nSPS) is 11.7. The zero-order chi connectivity index (χ0) is 28.7. The molecule has 0 aliphatic heterocycles. The molecular formula is C38H19N3O2. The average molecular weight is 550 g/mol. The van der Waals surface area contributed by atoms with Crippen molar-refractivity contribution in [3.05, 3.63) is 126 Å². The maximum Gasteiger partial charge on any atom is 0.160 e. The maximum atomic E-state index is 9.98. The molecule has 0 amide bonds. The maximum absolute atomic E-state index is 9.98. The third-order valence-corrected chi connectivity index (χ3v) is 8.46. The quantitative estimate of drug-likeness (QED) is 0.215. The fourth-order valence-electron chi connectivity index (χ4n) is 6.53. The van der Waals surface area contributed by atoms with Gasteiger partial charge in [0.15, 0.2) is 5.58 Å². The molecule has 198 valence electrons. The van der Waals surface area contributed by atoms with Crippen LogP contribution in [0.4, 0.5) is 0 Å². The highest BCUT2D eigenvalue weighted by molar-refractivity contribution is 6.21. The summed E-state index contributed by atoms with van der Waals surface area (Å²) >= 11 is 0. The first-order chi connectivity index (χ1) is 21.2. The Morgan fingerprint density at radius 2 is 1.19 bits per heavy atom. The molecule has 0 saturated heterocycles. The minimum Gasteiger partial charge on any atom is -0.456 e. The van der Waals surface area contributed by atoms with Gasteiger partial charge in [0, 0.05) is 37.9 Å². The predicted molar refractivity (Wildman–Crippen MR) is 170 cm³/mol. The van der Waals surface area contributed by atoms with Crippen molar-refractivity contribution in [2.45, 2.75) is 0 Å². The van der Waals surface area contributed by atoms with E-state index in [4.69, 9.17) is 8.83 Å². The number of nitriles is 2. The van der Waals surface area contributed by atoms with E-state index in [-0.39, 0.29) is 0 Å². The molecule has 3 heterocycles. The van der Waals surface area contributed by atoms with Gasteiger partial charge in [-0.3, -0.25) is 0 Å². The van der Waals surface area contributed by atoms with E-state index < -0.39 is 0 Å². The Labute approximate surface area is 244 Å². The number of para-hydroxylation sites is 2. The SMILES string of the molecule is N#Cc1ccc(-c2ccc3oc4ccc(C#N)cc4c3c2)c(-n2c3ccccc3c3ccc4c5ccccc5oc4c32)c1. The monoisotopic (exact) mass is 549 g/mol. The molecule has 9 rings (SSSR count). The molecule has 0 bridgehead atoms. The summed E-state index contributed by atoms with van der Waals surface area (Å²) in [6.07, 6.45) is 0. The summed E-state index contributed by atoms with van der Waals surface area (Å²) < 4.78 is 14.9. The standard InChI is InChI=1S/C38H19N3O2/c39-20-22-10-15-35-30(17-22)31-19-24(11-16-36(31)42-35)25-12-9-23(21-40)18-33(25)41-32-7-3-1-5-26(32)28-13-14-29-27-6-2-4-8-34(27)43-38(29)37(28)41/h1-19H. The molecule has 43 heavy (non-hydrogen) atoms. The molecule has 6 aromatic carbocycles. The molecule has 3 aromatic heterocycles. The van der Waals surface area contributed by atoms with E-state index in [0.717, 1.165) is 82.5 Å². The lowest BCUT2D eigenvalue weighted by Crippen LogP contribution is -1.98. The van der Waals surface area contributed by atoms with E-state index >= 15 is 0 Å². The number of fused-ring (bicyclic) bond motifs is 10. The van der Waals surface area contributed by atoms with Gasteiger partial charge in [-0.15, -0.1) is 0 Å². The van der Waals surface area contributed by atoms with Gasteiger partial charge in [0.05, 0.1) is 40.0 Å². The summed E-state index contributed by atoms with van der Waals surface area (Å²) in [7, 11) is 0. The Morgan fingerprint density at radius 1 is 0.512 bits per heavy atom. The first-order valence-corrected chi connectivity index (χ1v) is 14.0. The fraction of sp³-hybridized carbons (Fsp3) is 0. The van der Waals surface area contributed by atoms with E-state index in [0.29, 0.717) is 11.1 Å². The zero-order valence-corrected chi connectivity index (χ0v) is 22.6. The lowest BCUT2D eigenvalue weighted by molar-refractivity contribution is 0.669. The van der Waals surface area contributed by atoms with Gasteiger partial charge in [-0.1, -0.05) is 54.6 Å². The Balaban J connectivity index is 1.41. The number of nitrogens with zero attached hydrogens (tertiary/aromatic N) is 3. The molecule has 0 N–H and O–H groups in total. The Morgan fingerprint density at radius 3 is 2.05 bits per heavy atom. The Bertz CT molecular complexity index is 2710. The van der Waals surface area contributed by atoms with Crippen molar-refractivity contribution < 1.29 is 8.83 Å². The number of furan rings is 2.